The van der Waals surface area contributed by atoms with Crippen LogP contribution in [0.2, 0.25) is 0 Å². The van der Waals surface area contributed by atoms with Gasteiger partial charge in [-0.3, -0.25) is 9.59 Å². The van der Waals surface area contributed by atoms with Gasteiger partial charge >= 0.3 is 0 Å². The molecule has 0 radical (unpaired) electrons. The molecule has 1 aliphatic carbocycles. The lowest BCUT2D eigenvalue weighted by Gasteiger charge is -2.18. The molecule has 6 heteroatoms. The molecule has 1 aromatic heterocycles. The Balaban J connectivity index is 1.46. The Morgan fingerprint density at radius 1 is 1.12 bits per heavy atom. The standard InChI is InChI=1S/C27H34N2O3S/c1-27(2,3)19-13-10-18(11-14-19)12-15-23(30)29-26-24(21-8-4-5-9-22(21)33-26)25(31)28-17-20-7-6-16-32-20/h10-15,20H,4-9,16-17H2,1-3H3,(H,28,31)(H,29,30). The molecule has 2 N–H and O–H groups in total. The molecule has 1 unspecified atom stereocenters. The van der Waals surface area contributed by atoms with E-state index < -0.39 is 0 Å². The van der Waals surface area contributed by atoms with Crippen LogP contribution in [0.5, 0.6) is 0 Å². The lowest BCUT2D eigenvalue weighted by molar-refractivity contribution is -0.111. The second-order valence-electron chi connectivity index (χ2n) is 9.95. The monoisotopic (exact) mass is 466 g/mol. The summed E-state index contributed by atoms with van der Waals surface area (Å²) in [6, 6.07) is 8.25. The van der Waals surface area contributed by atoms with Crippen LogP contribution in [-0.4, -0.2) is 31.1 Å². The van der Waals surface area contributed by atoms with Crippen molar-refractivity contribution in [1.29, 1.82) is 0 Å². The third-order valence-electron chi connectivity index (χ3n) is 6.35. The maximum Gasteiger partial charge on any atom is 0.254 e. The van der Waals surface area contributed by atoms with Crippen LogP contribution in [0.25, 0.3) is 6.08 Å². The summed E-state index contributed by atoms with van der Waals surface area (Å²) in [5.41, 5.74) is 4.07. The van der Waals surface area contributed by atoms with Crippen molar-refractivity contribution in [3.05, 3.63) is 57.5 Å². The third-order valence-corrected chi connectivity index (χ3v) is 7.56. The van der Waals surface area contributed by atoms with E-state index in [-0.39, 0.29) is 23.3 Å². The van der Waals surface area contributed by atoms with E-state index in [0.29, 0.717) is 17.1 Å². The molecule has 1 saturated heterocycles. The number of fused-ring (bicyclic) bond motifs is 1. The third kappa shape index (κ3) is 5.92. The van der Waals surface area contributed by atoms with Gasteiger partial charge in [-0.1, -0.05) is 45.0 Å². The molecule has 1 fully saturated rings. The number of hydrogen-bond acceptors (Lipinski definition) is 4. The average molecular weight is 467 g/mol. The van der Waals surface area contributed by atoms with E-state index in [1.807, 2.05) is 18.2 Å². The van der Waals surface area contributed by atoms with Crippen LogP contribution in [0.4, 0.5) is 5.00 Å². The van der Waals surface area contributed by atoms with Crippen molar-refractivity contribution < 1.29 is 14.3 Å². The fourth-order valence-electron chi connectivity index (χ4n) is 4.41. The summed E-state index contributed by atoms with van der Waals surface area (Å²) in [6.07, 6.45) is 9.53. The van der Waals surface area contributed by atoms with Crippen LogP contribution in [0, 0.1) is 0 Å². The van der Waals surface area contributed by atoms with Crippen molar-refractivity contribution in [2.75, 3.05) is 18.5 Å². The van der Waals surface area contributed by atoms with Crippen LogP contribution in [0.15, 0.2) is 30.3 Å². The Kier molecular flexibility index (Phi) is 7.35. The maximum atomic E-state index is 13.1. The Morgan fingerprint density at radius 3 is 2.58 bits per heavy atom. The number of rotatable bonds is 6. The quantitative estimate of drug-likeness (QED) is 0.554. The lowest BCUT2D eigenvalue weighted by atomic mass is 9.87. The minimum atomic E-state index is -0.221. The van der Waals surface area contributed by atoms with Crippen LogP contribution in [0.1, 0.15) is 78.4 Å². The zero-order chi connectivity index (χ0) is 23.4. The van der Waals surface area contributed by atoms with Gasteiger partial charge in [0.1, 0.15) is 5.00 Å². The van der Waals surface area contributed by atoms with Gasteiger partial charge in [0.15, 0.2) is 0 Å². The van der Waals surface area contributed by atoms with Crippen LogP contribution in [-0.2, 0) is 27.8 Å². The summed E-state index contributed by atoms with van der Waals surface area (Å²) in [4.78, 5) is 27.0. The molecule has 1 aromatic carbocycles. The smallest absolute Gasteiger partial charge is 0.254 e. The largest absolute Gasteiger partial charge is 0.376 e. The Hall–Kier alpha value is -2.44. The minimum absolute atomic E-state index is 0.0917. The molecule has 2 heterocycles. The predicted octanol–water partition coefficient (Wildman–Crippen LogP) is 5.49. The van der Waals surface area contributed by atoms with E-state index in [9.17, 15) is 9.59 Å². The molecule has 1 atom stereocenters. The number of nitrogens with one attached hydrogen (secondary N) is 2. The second kappa shape index (κ2) is 10.2. The van der Waals surface area contributed by atoms with Gasteiger partial charge in [0.05, 0.1) is 11.7 Å². The average Bonchev–Trinajstić information content (AvgIpc) is 3.43. The normalized spacial score (nSPS) is 18.3. The number of benzene rings is 1. The SMILES string of the molecule is CC(C)(C)c1ccc(C=CC(=O)Nc2sc3c(c2C(=O)NCC2CCCO2)CCCC3)cc1. The molecule has 33 heavy (non-hydrogen) atoms. The number of carbonyl (C=O) groups is 2. The zero-order valence-corrected chi connectivity index (χ0v) is 20.6. The molecule has 5 nitrogen and oxygen atoms in total. The number of thiophene rings is 1. The van der Waals surface area contributed by atoms with Gasteiger partial charge in [0, 0.05) is 24.1 Å². The van der Waals surface area contributed by atoms with Crippen molar-refractivity contribution in [2.45, 2.75) is 70.8 Å². The number of ether oxygens (including phenoxy) is 1. The number of amides is 2. The summed E-state index contributed by atoms with van der Waals surface area (Å²) in [7, 11) is 0. The lowest BCUT2D eigenvalue weighted by Crippen LogP contribution is -2.32. The molecule has 0 bridgehead atoms. The minimum Gasteiger partial charge on any atom is -0.376 e. The number of carbonyl (C=O) groups excluding carboxylic acids is 2. The van der Waals surface area contributed by atoms with Crippen LogP contribution in [0.3, 0.4) is 0 Å². The van der Waals surface area contributed by atoms with Gasteiger partial charge in [-0.15, -0.1) is 11.3 Å². The molecule has 2 aliphatic rings. The molecule has 4 rings (SSSR count). The van der Waals surface area contributed by atoms with E-state index in [1.165, 1.54) is 10.4 Å². The number of hydrogen-bond donors (Lipinski definition) is 2. The predicted molar refractivity (Wildman–Crippen MR) is 135 cm³/mol. The summed E-state index contributed by atoms with van der Waals surface area (Å²) in [5.74, 6) is -0.330. The summed E-state index contributed by atoms with van der Waals surface area (Å²) in [5, 5.41) is 6.68. The fourth-order valence-corrected chi connectivity index (χ4v) is 5.70. The van der Waals surface area contributed by atoms with Gasteiger partial charge in [-0.2, -0.15) is 0 Å². The summed E-state index contributed by atoms with van der Waals surface area (Å²) < 4.78 is 5.64. The van der Waals surface area contributed by atoms with Gasteiger partial charge in [0.2, 0.25) is 5.91 Å². The van der Waals surface area contributed by atoms with Gasteiger partial charge in [-0.05, 0) is 66.7 Å². The second-order valence-corrected chi connectivity index (χ2v) is 11.1. The van der Waals surface area contributed by atoms with E-state index in [0.717, 1.165) is 56.3 Å². The van der Waals surface area contributed by atoms with Gasteiger partial charge < -0.3 is 15.4 Å². The first-order valence-electron chi connectivity index (χ1n) is 12.0. The van der Waals surface area contributed by atoms with Gasteiger partial charge in [0.25, 0.3) is 5.91 Å². The van der Waals surface area contributed by atoms with Crippen molar-refractivity contribution in [3.63, 3.8) is 0 Å². The Labute approximate surface area is 200 Å². The van der Waals surface area contributed by atoms with E-state index in [1.54, 1.807) is 17.4 Å². The van der Waals surface area contributed by atoms with Crippen molar-refractivity contribution in [1.82, 2.24) is 5.32 Å². The molecular formula is C27H34N2O3S. The highest BCUT2D eigenvalue weighted by Gasteiger charge is 2.27. The summed E-state index contributed by atoms with van der Waals surface area (Å²) >= 11 is 1.55. The molecule has 2 aromatic rings. The van der Waals surface area contributed by atoms with Crippen LogP contribution >= 0.6 is 11.3 Å². The molecule has 0 spiro atoms. The number of anilines is 1. The molecule has 1 aliphatic heterocycles. The van der Waals surface area contributed by atoms with E-state index in [2.05, 4.69) is 43.5 Å². The zero-order valence-electron chi connectivity index (χ0n) is 19.8. The Bertz CT molecular complexity index is 1020. The fraction of sp³-hybridized carbons (Fsp3) is 0.481. The van der Waals surface area contributed by atoms with E-state index in [4.69, 9.17) is 4.74 Å². The highest BCUT2D eigenvalue weighted by atomic mass is 32.1. The highest BCUT2D eigenvalue weighted by Crippen LogP contribution is 2.38. The molecule has 176 valence electrons. The molecule has 2 amide bonds. The highest BCUT2D eigenvalue weighted by molar-refractivity contribution is 7.17. The van der Waals surface area contributed by atoms with Crippen molar-refractivity contribution in [3.8, 4) is 0 Å². The van der Waals surface area contributed by atoms with E-state index >= 15 is 0 Å². The first-order chi connectivity index (χ1) is 15.8. The number of aryl methyl sites for hydroxylation is 1. The Morgan fingerprint density at radius 2 is 1.88 bits per heavy atom. The first kappa shape index (κ1) is 23.7. The summed E-state index contributed by atoms with van der Waals surface area (Å²) in [6.45, 7) is 7.82. The van der Waals surface area contributed by atoms with Gasteiger partial charge in [-0.25, -0.2) is 0 Å². The molecule has 0 saturated carbocycles. The van der Waals surface area contributed by atoms with Crippen molar-refractivity contribution >= 4 is 34.2 Å². The molecular weight excluding hydrogens is 432 g/mol. The first-order valence-corrected chi connectivity index (χ1v) is 12.8. The topological polar surface area (TPSA) is 67.4 Å². The maximum absolute atomic E-state index is 13.1. The van der Waals surface area contributed by atoms with Crippen molar-refractivity contribution in [2.24, 2.45) is 0 Å². The van der Waals surface area contributed by atoms with Crippen LogP contribution < -0.4 is 10.6 Å².